The number of aliphatic imine (C=N–C) groups is 2. The Morgan fingerprint density at radius 1 is 0.880 bits per heavy atom. The first kappa shape index (κ1) is 16.0. The van der Waals surface area contributed by atoms with Gasteiger partial charge < -0.3 is 0 Å². The van der Waals surface area contributed by atoms with Gasteiger partial charge in [-0.2, -0.15) is 0 Å². The number of allylic oxidation sites excluding steroid dienone is 4. The second-order valence-corrected chi connectivity index (χ2v) is 7.36. The zero-order chi connectivity index (χ0) is 17.1. The summed E-state index contributed by atoms with van der Waals surface area (Å²) >= 11 is 1.76. The molecule has 0 N–H and O–H groups in total. The summed E-state index contributed by atoms with van der Waals surface area (Å²) in [7, 11) is 0. The second-order valence-electron chi connectivity index (χ2n) is 6.41. The van der Waals surface area contributed by atoms with Gasteiger partial charge in [-0.05, 0) is 54.9 Å². The highest BCUT2D eigenvalue weighted by Crippen LogP contribution is 2.29. The van der Waals surface area contributed by atoms with Gasteiger partial charge in [0.2, 0.25) is 0 Å². The van der Waals surface area contributed by atoms with Crippen LogP contribution >= 0.6 is 11.3 Å². The topological polar surface area (TPSA) is 24.7 Å². The van der Waals surface area contributed by atoms with Gasteiger partial charge >= 0.3 is 0 Å². The van der Waals surface area contributed by atoms with Crippen molar-refractivity contribution in [2.45, 2.75) is 26.2 Å². The average molecular weight is 344 g/mol. The molecule has 25 heavy (non-hydrogen) atoms. The van der Waals surface area contributed by atoms with E-state index in [0.29, 0.717) is 0 Å². The molecule has 1 aromatic heterocycles. The molecule has 3 heterocycles. The molecule has 0 saturated heterocycles. The number of thiophene rings is 1. The maximum atomic E-state index is 4.76. The number of hydrogen-bond donors (Lipinski definition) is 0. The molecular weight excluding hydrogens is 324 g/mol. The summed E-state index contributed by atoms with van der Waals surface area (Å²) in [6.45, 7) is 2.18. The van der Waals surface area contributed by atoms with Crippen LogP contribution in [0.25, 0.3) is 0 Å². The molecule has 1 aromatic carbocycles. The minimum atomic E-state index is 0.940. The van der Waals surface area contributed by atoms with Crippen LogP contribution in [-0.2, 0) is 0 Å². The fourth-order valence-electron chi connectivity index (χ4n) is 3.19. The molecule has 0 aliphatic carbocycles. The Balaban J connectivity index is 1.62. The summed E-state index contributed by atoms with van der Waals surface area (Å²) in [6, 6.07) is 14.6. The van der Waals surface area contributed by atoms with E-state index in [9.17, 15) is 0 Å². The highest BCUT2D eigenvalue weighted by atomic mass is 32.1. The Labute approximate surface area is 152 Å². The monoisotopic (exact) mass is 344 g/mol. The summed E-state index contributed by atoms with van der Waals surface area (Å²) in [5.41, 5.74) is 7.33. The summed E-state index contributed by atoms with van der Waals surface area (Å²) < 4.78 is 0. The highest BCUT2D eigenvalue weighted by molar-refractivity contribution is 7.12. The van der Waals surface area contributed by atoms with Crippen molar-refractivity contribution in [2.24, 2.45) is 9.98 Å². The Hall–Kier alpha value is -2.52. The lowest BCUT2D eigenvalue weighted by atomic mass is 9.94. The third-order valence-electron chi connectivity index (χ3n) is 4.51. The van der Waals surface area contributed by atoms with Crippen molar-refractivity contribution >= 4 is 22.8 Å². The standard InChI is InChI=1S/C22H20N2S/c1-16-12-19(15-24-21(13-16)17-6-3-2-4-7-17)18-9-10-20(23-14-18)22-8-5-11-25-22/h2-8,11,13-15H,9-10,12H2,1H3. The van der Waals surface area contributed by atoms with Gasteiger partial charge in [0.05, 0.1) is 11.4 Å². The minimum Gasteiger partial charge on any atom is -0.260 e. The Bertz CT molecular complexity index is 910. The molecule has 0 fully saturated rings. The molecular formula is C22H20N2S. The van der Waals surface area contributed by atoms with E-state index >= 15 is 0 Å². The molecule has 0 bridgehead atoms. The van der Waals surface area contributed by atoms with Gasteiger partial charge in [0, 0.05) is 22.8 Å². The van der Waals surface area contributed by atoms with Crippen LogP contribution in [0, 0.1) is 0 Å². The summed E-state index contributed by atoms with van der Waals surface area (Å²) in [6.07, 6.45) is 9.25. The van der Waals surface area contributed by atoms with E-state index in [-0.39, 0.29) is 0 Å². The number of nitrogens with zero attached hydrogens (tertiary/aromatic N) is 2. The molecule has 0 spiro atoms. The fourth-order valence-corrected chi connectivity index (χ4v) is 3.94. The third-order valence-corrected chi connectivity index (χ3v) is 5.43. The van der Waals surface area contributed by atoms with E-state index in [2.05, 4.69) is 54.8 Å². The summed E-state index contributed by atoms with van der Waals surface area (Å²) in [5.74, 6) is 0. The van der Waals surface area contributed by atoms with Gasteiger partial charge in [-0.3, -0.25) is 9.98 Å². The predicted octanol–water partition coefficient (Wildman–Crippen LogP) is 5.94. The SMILES string of the molecule is CC1=CC(c2ccccc2)=NC=C(C2=CN=C(c3cccs3)CC2)C1. The quantitative estimate of drug-likeness (QED) is 0.658. The molecule has 0 unspecified atom stereocenters. The van der Waals surface area contributed by atoms with Crippen molar-refractivity contribution in [3.63, 3.8) is 0 Å². The van der Waals surface area contributed by atoms with Gasteiger partial charge in [-0.15, -0.1) is 11.3 Å². The van der Waals surface area contributed by atoms with Crippen molar-refractivity contribution in [3.8, 4) is 0 Å². The van der Waals surface area contributed by atoms with Crippen molar-refractivity contribution in [1.29, 1.82) is 0 Å². The molecule has 2 nitrogen and oxygen atoms in total. The van der Waals surface area contributed by atoms with E-state index in [1.165, 1.54) is 27.3 Å². The Morgan fingerprint density at radius 3 is 2.44 bits per heavy atom. The van der Waals surface area contributed by atoms with E-state index in [1.54, 1.807) is 11.3 Å². The van der Waals surface area contributed by atoms with Crippen molar-refractivity contribution in [2.75, 3.05) is 0 Å². The molecule has 3 heteroatoms. The van der Waals surface area contributed by atoms with Crippen molar-refractivity contribution < 1.29 is 0 Å². The fraction of sp³-hybridized carbons (Fsp3) is 0.182. The maximum Gasteiger partial charge on any atom is 0.0701 e. The van der Waals surface area contributed by atoms with E-state index < -0.39 is 0 Å². The lowest BCUT2D eigenvalue weighted by Crippen LogP contribution is -2.05. The Kier molecular flexibility index (Phi) is 4.57. The van der Waals surface area contributed by atoms with Crippen LogP contribution in [0.2, 0.25) is 0 Å². The second kappa shape index (κ2) is 7.16. The first-order valence-electron chi connectivity index (χ1n) is 8.59. The molecule has 2 aliphatic rings. The molecule has 0 atom stereocenters. The van der Waals surface area contributed by atoms with Crippen LogP contribution in [0.3, 0.4) is 0 Å². The minimum absolute atomic E-state index is 0.940. The van der Waals surface area contributed by atoms with Gasteiger partial charge in [0.1, 0.15) is 0 Å². The molecule has 2 aromatic rings. The van der Waals surface area contributed by atoms with Crippen LogP contribution in [0.1, 0.15) is 36.6 Å². The van der Waals surface area contributed by atoms with Crippen LogP contribution in [0.15, 0.2) is 93.0 Å². The van der Waals surface area contributed by atoms with E-state index in [0.717, 1.165) is 30.5 Å². The van der Waals surface area contributed by atoms with Gasteiger partial charge in [-0.25, -0.2) is 0 Å². The molecule has 0 radical (unpaired) electrons. The molecule has 0 amide bonds. The first-order chi connectivity index (χ1) is 12.3. The Morgan fingerprint density at radius 2 is 1.72 bits per heavy atom. The van der Waals surface area contributed by atoms with E-state index in [4.69, 9.17) is 9.98 Å². The molecule has 4 rings (SSSR count). The largest absolute Gasteiger partial charge is 0.260 e. The van der Waals surface area contributed by atoms with Gasteiger partial charge in [-0.1, -0.05) is 42.0 Å². The lowest BCUT2D eigenvalue weighted by molar-refractivity contribution is 0.954. The average Bonchev–Trinajstić information content (AvgIpc) is 3.12. The lowest BCUT2D eigenvalue weighted by Gasteiger charge is -2.15. The zero-order valence-corrected chi connectivity index (χ0v) is 15.1. The molecule has 124 valence electrons. The molecule has 2 aliphatic heterocycles. The van der Waals surface area contributed by atoms with Gasteiger partial charge in [0.25, 0.3) is 0 Å². The zero-order valence-electron chi connectivity index (χ0n) is 14.3. The number of rotatable bonds is 3. The maximum absolute atomic E-state index is 4.76. The third kappa shape index (κ3) is 3.62. The first-order valence-corrected chi connectivity index (χ1v) is 9.47. The number of hydrogen-bond acceptors (Lipinski definition) is 3. The van der Waals surface area contributed by atoms with Crippen LogP contribution < -0.4 is 0 Å². The normalized spacial score (nSPS) is 17.7. The number of benzene rings is 1. The van der Waals surface area contributed by atoms with Crippen LogP contribution in [0.4, 0.5) is 0 Å². The van der Waals surface area contributed by atoms with E-state index in [1.807, 2.05) is 18.5 Å². The van der Waals surface area contributed by atoms with Crippen molar-refractivity contribution in [1.82, 2.24) is 0 Å². The van der Waals surface area contributed by atoms with Crippen molar-refractivity contribution in [3.05, 3.63) is 93.5 Å². The summed E-state index contributed by atoms with van der Waals surface area (Å²) in [4.78, 5) is 10.8. The summed E-state index contributed by atoms with van der Waals surface area (Å²) in [5, 5.41) is 2.11. The highest BCUT2D eigenvalue weighted by Gasteiger charge is 2.16. The van der Waals surface area contributed by atoms with Gasteiger partial charge in [0.15, 0.2) is 0 Å². The smallest absolute Gasteiger partial charge is 0.0701 e. The van der Waals surface area contributed by atoms with Crippen LogP contribution in [-0.4, -0.2) is 11.4 Å². The molecule has 0 saturated carbocycles. The van der Waals surface area contributed by atoms with Crippen LogP contribution in [0.5, 0.6) is 0 Å². The predicted molar refractivity (Wildman–Crippen MR) is 108 cm³/mol.